The van der Waals surface area contributed by atoms with Crippen molar-refractivity contribution in [2.45, 2.75) is 96.1 Å². The summed E-state index contributed by atoms with van der Waals surface area (Å²) in [6.07, 6.45) is 3.44. The minimum atomic E-state index is -4.12. The molecule has 0 aromatic heterocycles. The Morgan fingerprint density at radius 3 is 1.53 bits per heavy atom. The fourth-order valence-corrected chi connectivity index (χ4v) is 6.19. The molecule has 0 spiro atoms. The van der Waals surface area contributed by atoms with Crippen molar-refractivity contribution in [1.29, 1.82) is 0 Å². The highest BCUT2D eigenvalue weighted by molar-refractivity contribution is 6.56. The summed E-state index contributed by atoms with van der Waals surface area (Å²) in [6.45, 7) is 11.6. The molecule has 0 aromatic carbocycles. The second-order valence-electron chi connectivity index (χ2n) is 12.6. The van der Waals surface area contributed by atoms with Gasteiger partial charge >= 0.3 is 17.6 Å². The van der Waals surface area contributed by atoms with Crippen molar-refractivity contribution < 1.29 is 58.3 Å². The van der Waals surface area contributed by atoms with Crippen LogP contribution in [0.25, 0.3) is 0 Å². The van der Waals surface area contributed by atoms with Crippen LogP contribution >= 0.6 is 0 Å². The summed E-state index contributed by atoms with van der Waals surface area (Å²) in [5.41, 5.74) is 0. The lowest BCUT2D eigenvalue weighted by Gasteiger charge is -2.31. The van der Waals surface area contributed by atoms with Crippen LogP contribution in [0.1, 0.15) is 65.7 Å². The van der Waals surface area contributed by atoms with Crippen molar-refractivity contribution in [3.05, 3.63) is 0 Å². The van der Waals surface area contributed by atoms with Gasteiger partial charge in [-0.1, -0.05) is 40.0 Å². The molecule has 4 unspecified atom stereocenters. The van der Waals surface area contributed by atoms with Gasteiger partial charge in [-0.15, -0.1) is 0 Å². The Morgan fingerprint density at radius 1 is 0.574 bits per heavy atom. The predicted molar refractivity (Wildman–Crippen MR) is 183 cm³/mol. The van der Waals surface area contributed by atoms with Gasteiger partial charge in [0.25, 0.3) is 0 Å². The number of hydrogen-bond acceptors (Lipinski definition) is 15. The maximum absolute atomic E-state index is 10.8. The predicted octanol–water partition coefficient (Wildman–Crippen LogP) is -1.45. The highest BCUT2D eigenvalue weighted by Crippen LogP contribution is 2.13. The number of aliphatic hydroxyl groups excluding tert-OH is 3. The number of nitrogens with one attached hydrogen (secondary N) is 1. The second kappa shape index (κ2) is 28.5. The Kier molecular flexibility index (Phi) is 28.4. The van der Waals surface area contributed by atoms with Crippen LogP contribution in [-0.4, -0.2) is 182 Å². The molecule has 0 saturated heterocycles. The summed E-state index contributed by atoms with van der Waals surface area (Å²) >= 11 is 0. The second-order valence-corrected chi connectivity index (χ2v) is 16.7. The zero-order chi connectivity index (χ0) is 35.6. The van der Waals surface area contributed by atoms with Crippen molar-refractivity contribution in [2.75, 3.05) is 92.0 Å². The summed E-state index contributed by atoms with van der Waals surface area (Å²) in [5.74, 6) is 0.451. The molecule has 284 valence electrons. The zero-order valence-electron chi connectivity index (χ0n) is 29.2. The lowest BCUT2D eigenvalue weighted by molar-refractivity contribution is -0.0199. The number of nitrogens with zero attached hydrogens (tertiary/aromatic N) is 2. The highest BCUT2D eigenvalue weighted by atomic mass is 28.4. The monoisotopic (exact) mass is 719 g/mol. The molecule has 0 rings (SSSR count). The molecule has 0 radical (unpaired) electrons. The molecule has 0 aliphatic carbocycles. The lowest BCUT2D eigenvalue weighted by atomic mass is 10.0. The summed E-state index contributed by atoms with van der Waals surface area (Å²) < 4.78 is 16.8. The average molecular weight is 720 g/mol. The highest BCUT2D eigenvalue weighted by Gasteiger charge is 2.26. The average Bonchev–Trinajstić information content (AvgIpc) is 2.97. The van der Waals surface area contributed by atoms with E-state index in [0.29, 0.717) is 45.2 Å². The number of unbranched alkanes of at least 4 members (excludes halogenated alkanes) is 1. The van der Waals surface area contributed by atoms with Crippen molar-refractivity contribution in [1.82, 2.24) is 15.1 Å². The Bertz CT molecular complexity index is 710. The van der Waals surface area contributed by atoms with Crippen LogP contribution in [0, 0.1) is 5.92 Å². The molecule has 47 heavy (non-hydrogen) atoms. The van der Waals surface area contributed by atoms with Gasteiger partial charge in [0.05, 0.1) is 38.1 Å². The van der Waals surface area contributed by atoms with E-state index in [-0.39, 0.29) is 71.1 Å². The molecule has 17 heteroatoms. The van der Waals surface area contributed by atoms with Crippen molar-refractivity contribution in [2.24, 2.45) is 5.92 Å². The zero-order valence-corrected chi connectivity index (χ0v) is 31.2. The molecule has 0 aliphatic rings. The standard InChI is InChI=1S/C30H69N3O12Si2/c1-4-7-10-27(6-3)23-45-26-30(36)22-33(21-29(35)25-44-17-9-19-47(40,41)42)15-14-32(13-12-31-11-5-2)20-28(34)24-43-16-8-18-46(37,38)39/h27-31,34-42H,4-26H2,1-3H3. The van der Waals surface area contributed by atoms with Gasteiger partial charge < -0.3 is 63.6 Å². The van der Waals surface area contributed by atoms with Crippen molar-refractivity contribution in [3.63, 3.8) is 0 Å². The molecule has 10 N–H and O–H groups in total. The van der Waals surface area contributed by atoms with Crippen LogP contribution in [0.5, 0.6) is 0 Å². The SMILES string of the molecule is CCCCC(CC)COCC(O)CN(CCN(CCNCCC)CC(O)COCCC[Si](O)(O)O)CC(O)COCCC[Si](O)(O)O. The third kappa shape index (κ3) is 31.5. The molecular formula is C30H69N3O12Si2. The first-order valence-electron chi connectivity index (χ1n) is 17.5. The Labute approximate surface area is 284 Å². The maximum atomic E-state index is 10.8. The van der Waals surface area contributed by atoms with Gasteiger partial charge in [0.15, 0.2) is 0 Å². The van der Waals surface area contributed by atoms with Crippen LogP contribution < -0.4 is 5.32 Å². The fourth-order valence-electron chi connectivity index (χ4n) is 4.96. The van der Waals surface area contributed by atoms with Gasteiger partial charge in [0, 0.05) is 77.7 Å². The van der Waals surface area contributed by atoms with E-state index in [1.165, 1.54) is 0 Å². The van der Waals surface area contributed by atoms with E-state index in [1.54, 1.807) is 0 Å². The molecular weight excluding hydrogens is 651 g/mol. The van der Waals surface area contributed by atoms with Gasteiger partial charge in [-0.3, -0.25) is 9.80 Å². The van der Waals surface area contributed by atoms with Gasteiger partial charge in [-0.25, -0.2) is 0 Å². The summed E-state index contributed by atoms with van der Waals surface area (Å²) in [5, 5.41) is 35.6. The number of rotatable bonds is 34. The van der Waals surface area contributed by atoms with Crippen molar-refractivity contribution in [3.8, 4) is 0 Å². The van der Waals surface area contributed by atoms with E-state index in [9.17, 15) is 15.3 Å². The van der Waals surface area contributed by atoms with Crippen LogP contribution in [0.3, 0.4) is 0 Å². The smallest absolute Gasteiger partial charge is 0.390 e. The fraction of sp³-hybridized carbons (Fsp3) is 1.00. The van der Waals surface area contributed by atoms with Crippen LogP contribution in [0.15, 0.2) is 0 Å². The van der Waals surface area contributed by atoms with Gasteiger partial charge in [0.2, 0.25) is 0 Å². The largest absolute Gasteiger partial charge is 0.492 e. The number of aliphatic hydroxyl groups is 3. The molecule has 0 fully saturated rings. The van der Waals surface area contributed by atoms with E-state index in [0.717, 1.165) is 38.6 Å². The van der Waals surface area contributed by atoms with E-state index < -0.39 is 35.9 Å². The summed E-state index contributed by atoms with van der Waals surface area (Å²) in [6, 6.07) is -0.273. The molecule has 4 atom stereocenters. The minimum absolute atomic E-state index is 0.00268. The van der Waals surface area contributed by atoms with Crippen molar-refractivity contribution >= 4 is 17.6 Å². The first kappa shape index (κ1) is 46.8. The van der Waals surface area contributed by atoms with Gasteiger partial charge in [-0.05, 0) is 38.1 Å². The minimum Gasteiger partial charge on any atom is -0.390 e. The number of ether oxygens (including phenoxy) is 3. The first-order chi connectivity index (χ1) is 22.2. The molecule has 0 aromatic rings. The molecule has 0 bridgehead atoms. The Morgan fingerprint density at radius 2 is 1.06 bits per heavy atom. The van der Waals surface area contributed by atoms with E-state index in [4.69, 9.17) is 43.0 Å². The molecule has 0 amide bonds. The van der Waals surface area contributed by atoms with E-state index in [1.807, 2.05) is 4.90 Å². The van der Waals surface area contributed by atoms with Crippen LogP contribution in [0.2, 0.25) is 12.1 Å². The molecule has 15 nitrogen and oxygen atoms in total. The van der Waals surface area contributed by atoms with Gasteiger partial charge in [-0.2, -0.15) is 0 Å². The maximum Gasteiger partial charge on any atom is 0.492 e. The normalized spacial score (nSPS) is 15.4. The third-order valence-electron chi connectivity index (χ3n) is 7.60. The van der Waals surface area contributed by atoms with E-state index in [2.05, 4.69) is 31.0 Å². The summed E-state index contributed by atoms with van der Waals surface area (Å²) in [7, 11) is -8.23. The van der Waals surface area contributed by atoms with Gasteiger partial charge in [0.1, 0.15) is 0 Å². The Balaban J connectivity index is 5.18. The number of hydrogen-bond donors (Lipinski definition) is 10. The first-order valence-corrected chi connectivity index (χ1v) is 21.6. The third-order valence-corrected chi connectivity index (χ3v) is 9.65. The quantitative estimate of drug-likeness (QED) is 0.0271. The van der Waals surface area contributed by atoms with Crippen LogP contribution in [-0.2, 0) is 14.2 Å². The molecule has 0 heterocycles. The Hall–Kier alpha value is -0.166. The topological polar surface area (TPSA) is 228 Å². The molecule has 0 aliphatic heterocycles. The van der Waals surface area contributed by atoms with Crippen LogP contribution in [0.4, 0.5) is 0 Å². The summed E-state index contributed by atoms with van der Waals surface area (Å²) in [4.78, 5) is 58.9. The van der Waals surface area contributed by atoms with E-state index >= 15 is 0 Å². The molecule has 0 saturated carbocycles. The lowest BCUT2D eigenvalue weighted by Crippen LogP contribution is -2.47.